The van der Waals surface area contributed by atoms with Crippen molar-refractivity contribution in [1.29, 1.82) is 0 Å². The van der Waals surface area contributed by atoms with Crippen molar-refractivity contribution in [2.45, 2.75) is 44.3 Å². The van der Waals surface area contributed by atoms with Crippen LogP contribution in [-0.4, -0.2) is 82.9 Å². The molecule has 16 heteroatoms. The second-order valence-electron chi connectivity index (χ2n) is 8.69. The Hall–Kier alpha value is -3.27. The van der Waals surface area contributed by atoms with Crippen molar-refractivity contribution in [3.8, 4) is 5.88 Å². The molecule has 2 aliphatic heterocycles. The summed E-state index contributed by atoms with van der Waals surface area (Å²) in [5.41, 5.74) is 0.941. The van der Waals surface area contributed by atoms with E-state index in [1.807, 2.05) is 0 Å². The van der Waals surface area contributed by atoms with Crippen LogP contribution in [0.2, 0.25) is 0 Å². The van der Waals surface area contributed by atoms with Crippen LogP contribution in [0.1, 0.15) is 28.9 Å². The maximum Gasteiger partial charge on any atom is 0.412 e. The molecule has 2 unspecified atom stereocenters. The van der Waals surface area contributed by atoms with Crippen molar-refractivity contribution in [3.05, 3.63) is 29.6 Å². The SMILES string of the molecule is Cc1nsc(NC2=NCC(C(F)(F)F)N=C2)c1C(=O)Nc1ccc(OC2CCN(CCC(F)(F)F)C2)nc1. The first kappa shape index (κ1) is 27.8. The lowest BCUT2D eigenvalue weighted by Gasteiger charge is -2.18. The molecule has 0 aromatic carbocycles. The van der Waals surface area contributed by atoms with Gasteiger partial charge in [0.05, 0.1) is 42.3 Å². The first-order chi connectivity index (χ1) is 17.9. The fourth-order valence-corrected chi connectivity index (χ4v) is 4.60. The second-order valence-corrected chi connectivity index (χ2v) is 9.47. The Morgan fingerprint density at radius 3 is 2.66 bits per heavy atom. The molecule has 4 heterocycles. The molecule has 0 spiro atoms. The summed E-state index contributed by atoms with van der Waals surface area (Å²) in [6.45, 7) is 1.84. The van der Waals surface area contributed by atoms with Crippen molar-refractivity contribution in [3.63, 3.8) is 0 Å². The Kier molecular flexibility index (Phi) is 8.20. The molecule has 2 aliphatic rings. The molecule has 2 atom stereocenters. The predicted octanol–water partition coefficient (Wildman–Crippen LogP) is 4.33. The van der Waals surface area contributed by atoms with Crippen LogP contribution >= 0.6 is 11.5 Å². The molecular weight excluding hydrogens is 540 g/mol. The Bertz CT molecular complexity index is 1200. The molecule has 2 N–H and O–H groups in total. The van der Waals surface area contributed by atoms with Crippen LogP contribution in [-0.2, 0) is 0 Å². The smallest absolute Gasteiger partial charge is 0.412 e. The molecule has 206 valence electrons. The first-order valence-corrected chi connectivity index (χ1v) is 12.3. The molecule has 2 aromatic heterocycles. The largest absolute Gasteiger partial charge is 0.473 e. The van der Waals surface area contributed by atoms with Gasteiger partial charge in [0.25, 0.3) is 5.91 Å². The lowest BCUT2D eigenvalue weighted by molar-refractivity contribution is -0.144. The standard InChI is InChI=1S/C22H23F6N7O2S/c1-12-18(20(38-34-12)33-16-10-29-15(9-30-16)22(26,27)28)19(36)32-13-2-3-17(31-8-13)37-14-4-6-35(11-14)7-5-21(23,24)25/h2-3,8,10,14-15H,4-7,9,11H2,1H3,(H,30,33)(H,32,36). The number of amides is 1. The summed E-state index contributed by atoms with van der Waals surface area (Å²) in [5.74, 6) is -0.171. The van der Waals surface area contributed by atoms with Gasteiger partial charge in [0, 0.05) is 25.7 Å². The molecule has 9 nitrogen and oxygen atoms in total. The van der Waals surface area contributed by atoms with Crippen LogP contribution in [0.15, 0.2) is 28.3 Å². The highest BCUT2D eigenvalue weighted by Gasteiger charge is 2.40. The van der Waals surface area contributed by atoms with E-state index in [4.69, 9.17) is 4.74 Å². The van der Waals surface area contributed by atoms with Gasteiger partial charge in [0.1, 0.15) is 16.9 Å². The van der Waals surface area contributed by atoms with Gasteiger partial charge in [-0.3, -0.25) is 19.7 Å². The van der Waals surface area contributed by atoms with E-state index in [1.165, 1.54) is 12.3 Å². The van der Waals surface area contributed by atoms with Crippen molar-refractivity contribution >= 4 is 40.2 Å². The number of carbonyl (C=O) groups excluding carboxylic acids is 1. The minimum absolute atomic E-state index is 0.0789. The normalized spacial score (nSPS) is 20.3. The number of amidine groups is 1. The van der Waals surface area contributed by atoms with E-state index in [0.717, 1.165) is 17.7 Å². The molecule has 1 amide bonds. The first-order valence-electron chi connectivity index (χ1n) is 11.5. The van der Waals surface area contributed by atoms with Gasteiger partial charge < -0.3 is 15.4 Å². The van der Waals surface area contributed by atoms with Gasteiger partial charge in [-0.1, -0.05) is 0 Å². The molecule has 0 radical (unpaired) electrons. The van der Waals surface area contributed by atoms with E-state index in [9.17, 15) is 31.1 Å². The van der Waals surface area contributed by atoms with Gasteiger partial charge in [-0.2, -0.15) is 30.7 Å². The zero-order valence-corrected chi connectivity index (χ0v) is 20.8. The molecule has 38 heavy (non-hydrogen) atoms. The van der Waals surface area contributed by atoms with Gasteiger partial charge in [-0.15, -0.1) is 0 Å². The number of anilines is 2. The molecule has 1 fully saturated rings. The number of nitrogens with one attached hydrogen (secondary N) is 2. The minimum Gasteiger partial charge on any atom is -0.473 e. The number of pyridine rings is 1. The Morgan fingerprint density at radius 2 is 2.03 bits per heavy atom. The van der Waals surface area contributed by atoms with Crippen molar-refractivity contribution in [1.82, 2.24) is 14.3 Å². The van der Waals surface area contributed by atoms with Crippen molar-refractivity contribution in [2.24, 2.45) is 9.98 Å². The van der Waals surface area contributed by atoms with Crippen LogP contribution in [0.3, 0.4) is 0 Å². The van der Waals surface area contributed by atoms with E-state index in [-0.39, 0.29) is 29.9 Å². The maximum atomic E-state index is 12.9. The molecule has 0 saturated carbocycles. The summed E-state index contributed by atoms with van der Waals surface area (Å²) in [7, 11) is 0. The summed E-state index contributed by atoms with van der Waals surface area (Å²) in [5, 5.41) is 5.78. The predicted molar refractivity (Wildman–Crippen MR) is 129 cm³/mol. The van der Waals surface area contributed by atoms with Gasteiger partial charge >= 0.3 is 12.4 Å². The number of nitrogens with zero attached hydrogens (tertiary/aromatic N) is 5. The molecule has 1 saturated heterocycles. The van der Waals surface area contributed by atoms with Gasteiger partial charge in [-0.25, -0.2) is 4.98 Å². The van der Waals surface area contributed by atoms with Gasteiger partial charge in [-0.05, 0) is 30.9 Å². The Balaban J connectivity index is 1.31. The number of halogens is 6. The average Bonchev–Trinajstić information content (AvgIpc) is 3.44. The fraction of sp³-hybridized carbons (Fsp3) is 0.500. The van der Waals surface area contributed by atoms with Crippen LogP contribution in [0.5, 0.6) is 5.88 Å². The van der Waals surface area contributed by atoms with Crippen LogP contribution in [0.4, 0.5) is 37.0 Å². The topological polar surface area (TPSA) is 104 Å². The number of likely N-dealkylation sites (tertiary alicyclic amines) is 1. The zero-order chi connectivity index (χ0) is 27.5. The lowest BCUT2D eigenvalue weighted by Crippen LogP contribution is -2.34. The number of aliphatic imine (C=N–C) groups is 2. The highest BCUT2D eigenvalue weighted by atomic mass is 32.1. The number of ether oxygens (including phenoxy) is 1. The number of rotatable bonds is 7. The lowest BCUT2D eigenvalue weighted by atomic mass is 10.2. The molecule has 0 bridgehead atoms. The second kappa shape index (κ2) is 11.2. The van der Waals surface area contributed by atoms with Crippen molar-refractivity contribution in [2.75, 3.05) is 36.8 Å². The quantitative estimate of drug-likeness (QED) is 0.486. The van der Waals surface area contributed by atoms with E-state index in [1.54, 1.807) is 17.9 Å². The van der Waals surface area contributed by atoms with E-state index < -0.39 is 37.3 Å². The summed E-state index contributed by atoms with van der Waals surface area (Å²) in [4.78, 5) is 26.1. The minimum atomic E-state index is -4.49. The third kappa shape index (κ3) is 7.40. The Labute approximate surface area is 217 Å². The van der Waals surface area contributed by atoms with Crippen LogP contribution in [0, 0.1) is 6.92 Å². The number of hydrogen-bond acceptors (Lipinski definition) is 9. The van der Waals surface area contributed by atoms with E-state index >= 15 is 0 Å². The van der Waals surface area contributed by atoms with Crippen molar-refractivity contribution < 1.29 is 35.9 Å². The van der Waals surface area contributed by atoms with Crippen LogP contribution in [0.25, 0.3) is 0 Å². The van der Waals surface area contributed by atoms with Gasteiger partial charge in [0.15, 0.2) is 6.04 Å². The number of alkyl halides is 6. The summed E-state index contributed by atoms with van der Waals surface area (Å²) in [6, 6.07) is 1.20. The summed E-state index contributed by atoms with van der Waals surface area (Å²) < 4.78 is 85.5. The Morgan fingerprint density at radius 1 is 1.24 bits per heavy atom. The maximum absolute atomic E-state index is 12.9. The van der Waals surface area contributed by atoms with E-state index in [2.05, 4.69) is 30.0 Å². The number of aromatic nitrogens is 2. The molecule has 4 rings (SSSR count). The average molecular weight is 564 g/mol. The van der Waals surface area contributed by atoms with E-state index in [0.29, 0.717) is 35.9 Å². The summed E-state index contributed by atoms with van der Waals surface area (Å²) in [6.07, 6.45) is -6.92. The monoisotopic (exact) mass is 563 g/mol. The third-order valence-corrected chi connectivity index (χ3v) is 6.60. The highest BCUT2D eigenvalue weighted by Crippen LogP contribution is 2.28. The fourth-order valence-electron chi connectivity index (χ4n) is 3.80. The number of carbonyl (C=O) groups is 1. The zero-order valence-electron chi connectivity index (χ0n) is 19.9. The molecule has 0 aliphatic carbocycles. The molecular formula is C22H23F6N7O2S. The van der Waals surface area contributed by atoms with Crippen LogP contribution < -0.4 is 15.4 Å². The van der Waals surface area contributed by atoms with Gasteiger partial charge in [0.2, 0.25) is 5.88 Å². The molecule has 2 aromatic rings. The third-order valence-electron chi connectivity index (χ3n) is 5.74. The highest BCUT2D eigenvalue weighted by molar-refractivity contribution is 7.11. The number of aryl methyl sites for hydroxylation is 1. The summed E-state index contributed by atoms with van der Waals surface area (Å²) >= 11 is 0.951. The number of hydrogen-bond donors (Lipinski definition) is 2.